The van der Waals surface area contributed by atoms with Crippen LogP contribution in [0.1, 0.15) is 0 Å². The van der Waals surface area contributed by atoms with E-state index < -0.39 is 7.25 Å². The van der Waals surface area contributed by atoms with Crippen LogP contribution < -0.4 is 0 Å². The Balaban J connectivity index is 0.000000338. The molecule has 0 unspecified atom stereocenters. The normalized spacial score (nSPS) is 10.8. The second-order valence-electron chi connectivity index (χ2n) is 4.27. The molecule has 23 heavy (non-hydrogen) atoms. The van der Waals surface area contributed by atoms with Crippen LogP contribution in [0.3, 0.4) is 0 Å². The molecule has 0 bridgehead atoms. The highest BCUT2D eigenvalue weighted by atomic mass is 35.5. The molecule has 4 nitrogen and oxygen atoms in total. The van der Waals surface area contributed by atoms with Crippen molar-refractivity contribution in [3.05, 3.63) is 52.5 Å². The monoisotopic (exact) mass is 343 g/mol. The quantitative estimate of drug-likeness (QED) is 0.312. The summed E-state index contributed by atoms with van der Waals surface area (Å²) in [5, 5.41) is 9.37. The zero-order valence-corrected chi connectivity index (χ0v) is 12.0. The summed E-state index contributed by atoms with van der Waals surface area (Å²) >= 11 is 5.83. The Morgan fingerprint density at radius 3 is 2.22 bits per heavy atom. The molecule has 0 aliphatic carbocycles. The van der Waals surface area contributed by atoms with Gasteiger partial charge in [-0.15, -0.1) is 0 Å². The Morgan fingerprint density at radius 1 is 1.04 bits per heavy atom. The van der Waals surface area contributed by atoms with Crippen LogP contribution in [-0.4, -0.2) is 12.2 Å². The number of hydrogen-bond acceptors (Lipinski definition) is 3. The minimum absolute atomic E-state index is 0.443. The first-order valence-corrected chi connectivity index (χ1v) is 6.53. The van der Waals surface area contributed by atoms with E-state index >= 15 is 0 Å². The van der Waals surface area contributed by atoms with Gasteiger partial charge in [0.05, 0.1) is 6.07 Å². The fraction of sp³-hybridized carbons (Fsp3) is 0. The van der Waals surface area contributed by atoms with E-state index in [4.69, 9.17) is 21.4 Å². The van der Waals surface area contributed by atoms with Gasteiger partial charge >= 0.3 is 12.9 Å². The van der Waals surface area contributed by atoms with Gasteiger partial charge in [-0.2, -0.15) is 0 Å². The molecule has 0 atom stereocenters. The third-order valence-electron chi connectivity index (χ3n) is 2.58. The van der Waals surface area contributed by atoms with E-state index in [1.54, 1.807) is 30.3 Å². The van der Waals surface area contributed by atoms with E-state index in [1.165, 1.54) is 0 Å². The van der Waals surface area contributed by atoms with Crippen molar-refractivity contribution in [2.45, 2.75) is 0 Å². The summed E-state index contributed by atoms with van der Waals surface area (Å²) in [6, 6.07) is 12.3. The first kappa shape index (κ1) is 16.8. The maximum atomic E-state index is 9.75. The molecular weight excluding hydrogens is 336 g/mol. The van der Waals surface area contributed by atoms with Crippen molar-refractivity contribution in [1.29, 1.82) is 5.39 Å². The molecule has 1 aromatic heterocycles. The van der Waals surface area contributed by atoms with Crippen molar-refractivity contribution in [2.24, 2.45) is 0 Å². The second kappa shape index (κ2) is 6.66. The third kappa shape index (κ3) is 4.97. The van der Waals surface area contributed by atoms with Gasteiger partial charge in [-0.05, 0) is 30.3 Å². The van der Waals surface area contributed by atoms with Gasteiger partial charge in [-0.25, -0.2) is 4.98 Å². The van der Waals surface area contributed by atoms with E-state index in [0.29, 0.717) is 27.7 Å². The number of diazo groups is 1. The summed E-state index contributed by atoms with van der Waals surface area (Å²) in [6.45, 7) is 0. The minimum atomic E-state index is -6.00. The number of oxazole rings is 1. The maximum Gasteiger partial charge on any atom is 0.673 e. The zero-order valence-electron chi connectivity index (χ0n) is 11.3. The highest BCUT2D eigenvalue weighted by molar-refractivity contribution is 6.50. The number of nitrogens with zero attached hydrogens (tertiary/aromatic N) is 3. The summed E-state index contributed by atoms with van der Waals surface area (Å²) in [7, 11) is -6.00. The van der Waals surface area contributed by atoms with Gasteiger partial charge in [-0.1, -0.05) is 11.6 Å². The highest BCUT2D eigenvalue weighted by Gasteiger charge is 2.20. The van der Waals surface area contributed by atoms with E-state index in [2.05, 4.69) is 9.96 Å². The van der Waals surface area contributed by atoms with Crippen molar-refractivity contribution in [1.82, 2.24) is 4.98 Å². The summed E-state index contributed by atoms with van der Waals surface area (Å²) in [5.74, 6) is 0.511. The van der Waals surface area contributed by atoms with E-state index in [9.17, 15) is 17.3 Å². The standard InChI is InChI=1S/C13H7ClN3O.BF4/c14-9-3-1-8(2-4-9)13-16-11-7-10(17-15)5-6-12(11)18-13;2-1(3,4)5/h1-7H;/q+1;-1. The molecule has 3 aromatic rings. The topological polar surface area (TPSA) is 54.2 Å². The molecule has 0 saturated carbocycles. The number of aromatic nitrogens is 1. The third-order valence-corrected chi connectivity index (χ3v) is 2.83. The highest BCUT2D eigenvalue weighted by Crippen LogP contribution is 2.27. The second-order valence-corrected chi connectivity index (χ2v) is 4.71. The molecule has 0 aliphatic rings. The summed E-state index contributed by atoms with van der Waals surface area (Å²) < 4.78 is 44.6. The van der Waals surface area contributed by atoms with Gasteiger partial charge in [-0.3, -0.25) is 0 Å². The van der Waals surface area contributed by atoms with Gasteiger partial charge in [0.15, 0.2) is 10.6 Å². The van der Waals surface area contributed by atoms with Crippen LogP contribution in [0.4, 0.5) is 23.0 Å². The zero-order chi connectivity index (χ0) is 17.0. The van der Waals surface area contributed by atoms with Crippen molar-refractivity contribution in [3.63, 3.8) is 0 Å². The fourth-order valence-corrected chi connectivity index (χ4v) is 1.82. The predicted octanol–water partition coefficient (Wildman–Crippen LogP) is 5.93. The lowest BCUT2D eigenvalue weighted by Crippen LogP contribution is -2.02. The summed E-state index contributed by atoms with van der Waals surface area (Å²) in [6.07, 6.45) is 0. The van der Waals surface area contributed by atoms with Crippen LogP contribution in [0.5, 0.6) is 0 Å². The lowest BCUT2D eigenvalue weighted by atomic mass is 10.2. The number of fused-ring (bicyclic) bond motifs is 1. The Bertz CT molecular complexity index is 852. The number of hydrogen-bond donors (Lipinski definition) is 0. The number of benzene rings is 2. The Morgan fingerprint density at radius 2 is 1.65 bits per heavy atom. The van der Waals surface area contributed by atoms with Crippen LogP contribution in [0, 0.1) is 5.39 Å². The molecule has 0 spiro atoms. The van der Waals surface area contributed by atoms with E-state index in [1.807, 2.05) is 12.1 Å². The Labute approximate surface area is 132 Å². The first-order chi connectivity index (χ1) is 10.8. The van der Waals surface area contributed by atoms with E-state index in [-0.39, 0.29) is 0 Å². The van der Waals surface area contributed by atoms with Gasteiger partial charge in [0, 0.05) is 16.7 Å². The van der Waals surface area contributed by atoms with Gasteiger partial charge in [0.2, 0.25) is 11.3 Å². The fourth-order valence-electron chi connectivity index (χ4n) is 1.69. The van der Waals surface area contributed by atoms with Crippen LogP contribution in [-0.2, 0) is 0 Å². The van der Waals surface area contributed by atoms with Crippen LogP contribution >= 0.6 is 11.6 Å². The summed E-state index contributed by atoms with van der Waals surface area (Å²) in [5.41, 5.74) is 2.58. The van der Waals surface area contributed by atoms with Crippen molar-refractivity contribution < 1.29 is 21.7 Å². The lowest BCUT2D eigenvalue weighted by Gasteiger charge is -1.94. The smallest absolute Gasteiger partial charge is 0.436 e. The van der Waals surface area contributed by atoms with Crippen LogP contribution in [0.2, 0.25) is 5.02 Å². The Kier molecular flexibility index (Phi) is 4.86. The van der Waals surface area contributed by atoms with Gasteiger partial charge in [0.1, 0.15) is 5.52 Å². The molecule has 10 heteroatoms. The maximum absolute atomic E-state index is 9.75. The minimum Gasteiger partial charge on any atom is -0.436 e. The molecule has 0 saturated heterocycles. The van der Waals surface area contributed by atoms with E-state index in [0.717, 1.165) is 5.56 Å². The van der Waals surface area contributed by atoms with Gasteiger partial charge < -0.3 is 21.7 Å². The summed E-state index contributed by atoms with van der Waals surface area (Å²) in [4.78, 5) is 7.46. The number of halogens is 5. The molecular formula is C13H7BClF4N3O. The van der Waals surface area contributed by atoms with Crippen molar-refractivity contribution in [3.8, 4) is 11.5 Å². The van der Waals surface area contributed by atoms with Gasteiger partial charge in [0.25, 0.3) is 0 Å². The molecule has 3 rings (SSSR count). The van der Waals surface area contributed by atoms with Crippen LogP contribution in [0.15, 0.2) is 46.9 Å². The molecule has 0 fully saturated rings. The molecule has 0 aliphatic heterocycles. The predicted molar refractivity (Wildman–Crippen MR) is 79.4 cm³/mol. The van der Waals surface area contributed by atoms with Crippen molar-refractivity contribution >= 4 is 35.6 Å². The largest absolute Gasteiger partial charge is 0.673 e. The Hall–Kier alpha value is -2.60. The molecule has 2 aromatic carbocycles. The molecule has 1 heterocycles. The SMILES string of the molecule is F[B-](F)(F)F.N#[N+]c1ccc2oc(-c3ccc(Cl)cc3)nc2c1. The molecule has 0 radical (unpaired) electrons. The van der Waals surface area contributed by atoms with Crippen LogP contribution in [0.25, 0.3) is 27.5 Å². The van der Waals surface area contributed by atoms with Crippen molar-refractivity contribution in [2.75, 3.05) is 0 Å². The number of rotatable bonds is 1. The molecule has 0 amide bonds. The average molecular weight is 343 g/mol. The first-order valence-electron chi connectivity index (χ1n) is 6.15. The molecule has 118 valence electrons. The molecule has 0 N–H and O–H groups in total. The average Bonchev–Trinajstić information content (AvgIpc) is 2.89. The lowest BCUT2D eigenvalue weighted by molar-refractivity contribution is 0.368.